The summed E-state index contributed by atoms with van der Waals surface area (Å²) in [6.45, 7) is 1.09. The standard InChI is InChI=1S/C16H18N6O2/c1-24-16-14(20-12-4-2-3-5-13(12)21-16)6-7-15(23)18-8-9-22-11-17-10-19-22/h2-5,10-11H,6-9H2,1H3,(H,18,23). The van der Waals surface area contributed by atoms with Crippen LogP contribution in [0, 0.1) is 0 Å². The van der Waals surface area contributed by atoms with Gasteiger partial charge in [-0.2, -0.15) is 5.10 Å². The largest absolute Gasteiger partial charge is 0.480 e. The van der Waals surface area contributed by atoms with Crippen LogP contribution in [0.3, 0.4) is 0 Å². The Morgan fingerprint density at radius 1 is 1.25 bits per heavy atom. The third kappa shape index (κ3) is 3.83. The Morgan fingerprint density at radius 3 is 2.75 bits per heavy atom. The topological polar surface area (TPSA) is 94.8 Å². The highest BCUT2D eigenvalue weighted by Crippen LogP contribution is 2.19. The van der Waals surface area contributed by atoms with Crippen molar-refractivity contribution in [2.75, 3.05) is 13.7 Å². The highest BCUT2D eigenvalue weighted by molar-refractivity contribution is 5.77. The minimum atomic E-state index is -0.0490. The van der Waals surface area contributed by atoms with Gasteiger partial charge < -0.3 is 10.1 Å². The van der Waals surface area contributed by atoms with Gasteiger partial charge in [-0.3, -0.25) is 9.48 Å². The first-order chi connectivity index (χ1) is 11.8. The summed E-state index contributed by atoms with van der Waals surface area (Å²) in [5, 5.41) is 6.83. The average Bonchev–Trinajstić information content (AvgIpc) is 3.12. The third-order valence-corrected chi connectivity index (χ3v) is 3.52. The van der Waals surface area contributed by atoms with Crippen LogP contribution < -0.4 is 10.1 Å². The highest BCUT2D eigenvalue weighted by Gasteiger charge is 2.11. The van der Waals surface area contributed by atoms with E-state index in [0.717, 1.165) is 11.0 Å². The average molecular weight is 326 g/mol. The fraction of sp³-hybridized carbons (Fsp3) is 0.312. The van der Waals surface area contributed by atoms with E-state index in [2.05, 4.69) is 25.4 Å². The number of nitrogens with one attached hydrogen (secondary N) is 1. The maximum Gasteiger partial charge on any atom is 0.235 e. The Kier molecular flexibility index (Phi) is 4.95. The van der Waals surface area contributed by atoms with Crippen LogP contribution in [0.2, 0.25) is 0 Å². The Morgan fingerprint density at radius 2 is 2.04 bits per heavy atom. The van der Waals surface area contributed by atoms with E-state index >= 15 is 0 Å². The van der Waals surface area contributed by atoms with Crippen molar-refractivity contribution < 1.29 is 9.53 Å². The fourth-order valence-electron chi connectivity index (χ4n) is 2.33. The van der Waals surface area contributed by atoms with Crippen molar-refractivity contribution in [3.63, 3.8) is 0 Å². The van der Waals surface area contributed by atoms with Crippen LogP contribution in [-0.2, 0) is 17.8 Å². The maximum atomic E-state index is 12.0. The molecule has 1 amide bonds. The SMILES string of the molecule is COc1nc2ccccc2nc1CCC(=O)NCCn1cncn1. The molecule has 0 bridgehead atoms. The number of carbonyl (C=O) groups is 1. The van der Waals surface area contributed by atoms with Gasteiger partial charge in [0.25, 0.3) is 0 Å². The molecule has 124 valence electrons. The van der Waals surface area contributed by atoms with Crippen molar-refractivity contribution in [2.45, 2.75) is 19.4 Å². The predicted octanol–water partition coefficient (Wildman–Crippen LogP) is 0.979. The molecule has 8 nitrogen and oxygen atoms in total. The number of aromatic nitrogens is 5. The predicted molar refractivity (Wildman–Crippen MR) is 87.4 cm³/mol. The van der Waals surface area contributed by atoms with Crippen LogP contribution in [0.4, 0.5) is 0 Å². The Bertz CT molecular complexity index is 819. The summed E-state index contributed by atoms with van der Waals surface area (Å²) < 4.78 is 6.96. The number of nitrogens with zero attached hydrogens (tertiary/aromatic N) is 5. The smallest absolute Gasteiger partial charge is 0.235 e. The zero-order valence-corrected chi connectivity index (χ0v) is 13.3. The van der Waals surface area contributed by atoms with Gasteiger partial charge in [-0.05, 0) is 12.1 Å². The lowest BCUT2D eigenvalue weighted by atomic mass is 10.2. The van der Waals surface area contributed by atoms with E-state index in [4.69, 9.17) is 4.74 Å². The van der Waals surface area contributed by atoms with Crippen LogP contribution in [0.25, 0.3) is 11.0 Å². The van der Waals surface area contributed by atoms with Crippen molar-refractivity contribution in [3.05, 3.63) is 42.6 Å². The molecule has 0 saturated carbocycles. The summed E-state index contributed by atoms with van der Waals surface area (Å²) in [6, 6.07) is 7.58. The van der Waals surface area contributed by atoms with Gasteiger partial charge in [0.2, 0.25) is 11.8 Å². The zero-order valence-electron chi connectivity index (χ0n) is 13.3. The first kappa shape index (κ1) is 15.9. The number of hydrogen-bond acceptors (Lipinski definition) is 6. The first-order valence-electron chi connectivity index (χ1n) is 7.65. The molecule has 0 unspecified atom stereocenters. The van der Waals surface area contributed by atoms with Gasteiger partial charge >= 0.3 is 0 Å². The second kappa shape index (κ2) is 7.49. The second-order valence-corrected chi connectivity index (χ2v) is 5.18. The molecule has 0 atom stereocenters. The van der Waals surface area contributed by atoms with Crippen LogP contribution in [0.15, 0.2) is 36.9 Å². The molecule has 0 aliphatic carbocycles. The molecule has 0 aliphatic rings. The molecule has 0 spiro atoms. The lowest BCUT2D eigenvalue weighted by Crippen LogP contribution is -2.27. The van der Waals surface area contributed by atoms with Crippen molar-refractivity contribution in [1.29, 1.82) is 0 Å². The molecule has 8 heteroatoms. The molecule has 3 rings (SSSR count). The summed E-state index contributed by atoms with van der Waals surface area (Å²) in [4.78, 5) is 24.8. The molecule has 0 aliphatic heterocycles. The van der Waals surface area contributed by atoms with Crippen molar-refractivity contribution in [1.82, 2.24) is 30.0 Å². The molecule has 3 aromatic rings. The molecule has 1 N–H and O–H groups in total. The van der Waals surface area contributed by atoms with Gasteiger partial charge in [0, 0.05) is 19.4 Å². The molecule has 2 heterocycles. The van der Waals surface area contributed by atoms with Gasteiger partial charge in [-0.25, -0.2) is 15.0 Å². The van der Waals surface area contributed by atoms with Gasteiger partial charge in [-0.1, -0.05) is 12.1 Å². The molecule has 0 saturated heterocycles. The molecule has 2 aromatic heterocycles. The molecule has 0 fully saturated rings. The number of hydrogen-bond donors (Lipinski definition) is 1. The first-order valence-corrected chi connectivity index (χ1v) is 7.65. The monoisotopic (exact) mass is 326 g/mol. The second-order valence-electron chi connectivity index (χ2n) is 5.18. The van der Waals surface area contributed by atoms with Crippen LogP contribution in [0.1, 0.15) is 12.1 Å². The number of benzene rings is 1. The van der Waals surface area contributed by atoms with Crippen molar-refractivity contribution in [3.8, 4) is 5.88 Å². The van der Waals surface area contributed by atoms with E-state index in [1.807, 2.05) is 24.3 Å². The highest BCUT2D eigenvalue weighted by atomic mass is 16.5. The van der Waals surface area contributed by atoms with E-state index in [0.29, 0.717) is 37.5 Å². The molecular formula is C16H18N6O2. The van der Waals surface area contributed by atoms with E-state index < -0.39 is 0 Å². The molecule has 0 radical (unpaired) electrons. The number of amides is 1. The van der Waals surface area contributed by atoms with E-state index in [1.165, 1.54) is 6.33 Å². The van der Waals surface area contributed by atoms with E-state index in [1.54, 1.807) is 18.1 Å². The lowest BCUT2D eigenvalue weighted by molar-refractivity contribution is -0.121. The summed E-state index contributed by atoms with van der Waals surface area (Å²) in [6.07, 6.45) is 3.87. The number of aryl methyl sites for hydroxylation is 1. The third-order valence-electron chi connectivity index (χ3n) is 3.52. The normalized spacial score (nSPS) is 10.7. The lowest BCUT2D eigenvalue weighted by Gasteiger charge is -2.09. The fourth-order valence-corrected chi connectivity index (χ4v) is 2.33. The van der Waals surface area contributed by atoms with Gasteiger partial charge in [0.05, 0.1) is 24.7 Å². The van der Waals surface area contributed by atoms with Gasteiger partial charge in [0.15, 0.2) is 0 Å². The van der Waals surface area contributed by atoms with Crippen molar-refractivity contribution >= 4 is 16.9 Å². The van der Waals surface area contributed by atoms with Gasteiger partial charge in [0.1, 0.15) is 18.3 Å². The summed E-state index contributed by atoms with van der Waals surface area (Å²) >= 11 is 0. The summed E-state index contributed by atoms with van der Waals surface area (Å²) in [5.41, 5.74) is 2.25. The maximum absolute atomic E-state index is 12.0. The number of carbonyl (C=O) groups excluding carboxylic acids is 1. The number of ether oxygens (including phenoxy) is 1. The number of methoxy groups -OCH3 is 1. The molecular weight excluding hydrogens is 308 g/mol. The van der Waals surface area contributed by atoms with Crippen LogP contribution in [-0.4, -0.2) is 44.3 Å². The van der Waals surface area contributed by atoms with Gasteiger partial charge in [-0.15, -0.1) is 0 Å². The Labute approximate surface area is 138 Å². The Hall–Kier alpha value is -3.03. The number of fused-ring (bicyclic) bond motifs is 1. The minimum Gasteiger partial charge on any atom is -0.480 e. The van der Waals surface area contributed by atoms with Crippen LogP contribution in [0.5, 0.6) is 5.88 Å². The summed E-state index contributed by atoms with van der Waals surface area (Å²) in [7, 11) is 1.56. The Balaban J connectivity index is 1.57. The zero-order chi connectivity index (χ0) is 16.8. The molecule has 24 heavy (non-hydrogen) atoms. The number of para-hydroxylation sites is 2. The minimum absolute atomic E-state index is 0.0490. The summed E-state index contributed by atoms with van der Waals surface area (Å²) in [5.74, 6) is 0.413. The van der Waals surface area contributed by atoms with E-state index in [9.17, 15) is 4.79 Å². The van der Waals surface area contributed by atoms with E-state index in [-0.39, 0.29) is 5.91 Å². The van der Waals surface area contributed by atoms with Crippen LogP contribution >= 0.6 is 0 Å². The van der Waals surface area contributed by atoms with Crippen molar-refractivity contribution in [2.24, 2.45) is 0 Å². The molecule has 1 aromatic carbocycles. The quantitative estimate of drug-likeness (QED) is 0.695. The number of rotatable bonds is 7.